The van der Waals surface area contributed by atoms with Crippen LogP contribution in [-0.2, 0) is 4.74 Å². The van der Waals surface area contributed by atoms with Crippen molar-refractivity contribution < 1.29 is 14.3 Å². The second-order valence-corrected chi connectivity index (χ2v) is 5.94. The topological polar surface area (TPSA) is 38.8 Å². The highest BCUT2D eigenvalue weighted by molar-refractivity contribution is 6.32. The third-order valence-corrected chi connectivity index (χ3v) is 4.34. The van der Waals surface area contributed by atoms with E-state index in [-0.39, 0.29) is 0 Å². The maximum atomic E-state index is 12.1. The van der Waals surface area contributed by atoms with Gasteiger partial charge < -0.3 is 14.4 Å². The molecule has 0 aliphatic carbocycles. The highest BCUT2D eigenvalue weighted by Crippen LogP contribution is 2.26. The fourth-order valence-corrected chi connectivity index (χ4v) is 2.67. The van der Waals surface area contributed by atoms with Gasteiger partial charge in [0.1, 0.15) is 5.75 Å². The maximum Gasteiger partial charge on any atom is 0.515 e. The van der Waals surface area contributed by atoms with E-state index >= 15 is 0 Å². The van der Waals surface area contributed by atoms with Gasteiger partial charge in [0, 0.05) is 17.3 Å². The summed E-state index contributed by atoms with van der Waals surface area (Å²) in [6.07, 6.45) is -1.18. The van der Waals surface area contributed by atoms with E-state index < -0.39 is 12.4 Å². The molecule has 24 heavy (non-hydrogen) atoms. The molecule has 0 aliphatic heterocycles. The number of ether oxygens (including phenoxy) is 2. The number of halogens is 1. The van der Waals surface area contributed by atoms with E-state index in [1.165, 1.54) is 0 Å². The Balaban J connectivity index is 2.03. The Morgan fingerprint density at radius 1 is 1.17 bits per heavy atom. The van der Waals surface area contributed by atoms with Crippen LogP contribution in [0.25, 0.3) is 0 Å². The fraction of sp³-hybridized carbons (Fsp3) is 0.316. The summed E-state index contributed by atoms with van der Waals surface area (Å²) >= 11 is 6.12. The third-order valence-electron chi connectivity index (χ3n) is 3.75. The van der Waals surface area contributed by atoms with Crippen LogP contribution in [0.4, 0.5) is 10.5 Å². The minimum Gasteiger partial charge on any atom is -0.410 e. The van der Waals surface area contributed by atoms with Crippen molar-refractivity contribution in [3.05, 3.63) is 58.6 Å². The van der Waals surface area contributed by atoms with E-state index in [4.69, 9.17) is 21.1 Å². The maximum absolute atomic E-state index is 12.1. The van der Waals surface area contributed by atoms with Crippen molar-refractivity contribution in [3.8, 4) is 5.75 Å². The Morgan fingerprint density at radius 3 is 2.29 bits per heavy atom. The predicted molar refractivity (Wildman–Crippen MR) is 97.0 cm³/mol. The van der Waals surface area contributed by atoms with Crippen LogP contribution < -0.4 is 9.64 Å². The molecular formula is C19H22ClNO3. The molecule has 1 atom stereocenters. The lowest BCUT2D eigenvalue weighted by molar-refractivity contribution is 0.0645. The largest absolute Gasteiger partial charge is 0.515 e. The summed E-state index contributed by atoms with van der Waals surface area (Å²) in [4.78, 5) is 14.0. The number of anilines is 1. The SMILES string of the molecule is CCN(c1ccccc1)C(C)OC(=O)Oc1cc(C)c(Cl)c(C)c1. The first-order valence-electron chi connectivity index (χ1n) is 7.89. The average Bonchev–Trinajstić information content (AvgIpc) is 2.54. The summed E-state index contributed by atoms with van der Waals surface area (Å²) in [7, 11) is 0. The molecule has 0 bridgehead atoms. The summed E-state index contributed by atoms with van der Waals surface area (Å²) in [5, 5.41) is 0.672. The van der Waals surface area contributed by atoms with Gasteiger partial charge in [0.25, 0.3) is 0 Å². The van der Waals surface area contributed by atoms with Crippen LogP contribution in [0.2, 0.25) is 5.02 Å². The summed E-state index contributed by atoms with van der Waals surface area (Å²) in [5.41, 5.74) is 2.69. The van der Waals surface area contributed by atoms with Gasteiger partial charge in [-0.05, 0) is 63.1 Å². The number of carbonyl (C=O) groups excluding carboxylic acids is 1. The molecule has 2 rings (SSSR count). The lowest BCUT2D eigenvalue weighted by atomic mass is 10.1. The van der Waals surface area contributed by atoms with Crippen molar-refractivity contribution in [1.29, 1.82) is 0 Å². The van der Waals surface area contributed by atoms with E-state index in [1.54, 1.807) is 12.1 Å². The lowest BCUT2D eigenvalue weighted by Crippen LogP contribution is -2.37. The normalized spacial score (nSPS) is 11.7. The molecular weight excluding hydrogens is 326 g/mol. The highest BCUT2D eigenvalue weighted by atomic mass is 35.5. The summed E-state index contributed by atoms with van der Waals surface area (Å²) in [5.74, 6) is 0.425. The fourth-order valence-electron chi connectivity index (χ4n) is 2.56. The van der Waals surface area contributed by atoms with Crippen LogP contribution >= 0.6 is 11.6 Å². The van der Waals surface area contributed by atoms with Crippen LogP contribution in [-0.4, -0.2) is 18.9 Å². The number of rotatable bonds is 5. The van der Waals surface area contributed by atoms with Gasteiger partial charge in [0.2, 0.25) is 0 Å². The smallest absolute Gasteiger partial charge is 0.410 e. The summed E-state index contributed by atoms with van der Waals surface area (Å²) < 4.78 is 10.7. The second-order valence-electron chi connectivity index (χ2n) is 5.56. The van der Waals surface area contributed by atoms with Gasteiger partial charge in [-0.2, -0.15) is 0 Å². The zero-order valence-electron chi connectivity index (χ0n) is 14.4. The number of benzene rings is 2. The Hall–Kier alpha value is -2.20. The van der Waals surface area contributed by atoms with Gasteiger partial charge >= 0.3 is 6.16 Å². The van der Waals surface area contributed by atoms with E-state index in [1.807, 2.05) is 62.9 Å². The molecule has 0 saturated carbocycles. The van der Waals surface area contributed by atoms with E-state index in [2.05, 4.69) is 0 Å². The molecule has 0 radical (unpaired) electrons. The van der Waals surface area contributed by atoms with Gasteiger partial charge in [-0.25, -0.2) is 4.79 Å². The van der Waals surface area contributed by atoms with Crippen LogP contribution in [0.15, 0.2) is 42.5 Å². The van der Waals surface area contributed by atoms with Crippen LogP contribution in [0.1, 0.15) is 25.0 Å². The van der Waals surface area contributed by atoms with Crippen molar-refractivity contribution in [3.63, 3.8) is 0 Å². The number of aryl methyl sites for hydroxylation is 2. The zero-order valence-corrected chi connectivity index (χ0v) is 15.1. The molecule has 2 aromatic carbocycles. The van der Waals surface area contributed by atoms with E-state index in [0.717, 1.165) is 16.8 Å². The minimum atomic E-state index is -0.738. The zero-order chi connectivity index (χ0) is 17.7. The Morgan fingerprint density at radius 2 is 1.75 bits per heavy atom. The van der Waals surface area contributed by atoms with E-state index in [0.29, 0.717) is 17.3 Å². The molecule has 2 aromatic rings. The monoisotopic (exact) mass is 347 g/mol. The first-order chi connectivity index (χ1) is 11.4. The molecule has 5 heteroatoms. The molecule has 0 N–H and O–H groups in total. The second kappa shape index (κ2) is 8.06. The third kappa shape index (κ3) is 4.42. The Bertz CT molecular complexity index is 680. The van der Waals surface area contributed by atoms with Gasteiger partial charge in [-0.15, -0.1) is 0 Å². The first-order valence-corrected chi connectivity index (χ1v) is 8.27. The van der Waals surface area contributed by atoms with Crippen molar-refractivity contribution in [2.45, 2.75) is 33.9 Å². The van der Waals surface area contributed by atoms with Gasteiger partial charge in [0.15, 0.2) is 6.23 Å². The van der Waals surface area contributed by atoms with Crippen molar-refractivity contribution in [2.75, 3.05) is 11.4 Å². The summed E-state index contributed by atoms with van der Waals surface area (Å²) in [6.45, 7) is 8.26. The Kier molecular flexibility index (Phi) is 6.10. The first kappa shape index (κ1) is 18.1. The molecule has 0 saturated heterocycles. The van der Waals surface area contributed by atoms with Gasteiger partial charge in [-0.1, -0.05) is 29.8 Å². The predicted octanol–water partition coefficient (Wildman–Crippen LogP) is 5.34. The number of carbonyl (C=O) groups is 1. The molecule has 0 aliphatic rings. The number of hydrogen-bond acceptors (Lipinski definition) is 4. The van der Waals surface area contributed by atoms with Gasteiger partial charge in [0.05, 0.1) is 0 Å². The van der Waals surface area contributed by atoms with Crippen LogP contribution in [0, 0.1) is 13.8 Å². The van der Waals surface area contributed by atoms with Crippen LogP contribution in [0.5, 0.6) is 5.75 Å². The standard InChI is InChI=1S/C19H22ClNO3/c1-5-21(16-9-7-6-8-10-16)15(4)23-19(22)24-17-11-13(2)18(20)14(3)12-17/h6-12,15H,5H2,1-4H3. The minimum absolute atomic E-state index is 0.425. The molecule has 128 valence electrons. The average molecular weight is 348 g/mol. The lowest BCUT2D eigenvalue weighted by Gasteiger charge is -2.29. The number of hydrogen-bond donors (Lipinski definition) is 0. The van der Waals surface area contributed by atoms with E-state index in [9.17, 15) is 4.79 Å². The molecule has 4 nitrogen and oxygen atoms in total. The molecule has 0 fully saturated rings. The summed E-state index contributed by atoms with van der Waals surface area (Å²) in [6, 6.07) is 13.2. The quantitative estimate of drug-likeness (QED) is 0.415. The number of para-hydroxylation sites is 1. The Labute approximate surface area is 147 Å². The van der Waals surface area contributed by atoms with Gasteiger partial charge in [-0.3, -0.25) is 0 Å². The van der Waals surface area contributed by atoms with Crippen molar-refractivity contribution in [1.82, 2.24) is 0 Å². The molecule has 0 amide bonds. The van der Waals surface area contributed by atoms with Crippen molar-refractivity contribution in [2.24, 2.45) is 0 Å². The molecule has 0 spiro atoms. The molecule has 0 aromatic heterocycles. The highest BCUT2D eigenvalue weighted by Gasteiger charge is 2.19. The molecule has 0 heterocycles. The van der Waals surface area contributed by atoms with Crippen LogP contribution in [0.3, 0.4) is 0 Å². The molecule has 1 unspecified atom stereocenters. The van der Waals surface area contributed by atoms with Crippen molar-refractivity contribution >= 4 is 23.4 Å². The number of nitrogens with zero attached hydrogens (tertiary/aromatic N) is 1.